The Morgan fingerprint density at radius 3 is 2.71 bits per heavy atom. The minimum atomic E-state index is -0.119. The van der Waals surface area contributed by atoms with Crippen LogP contribution in [0.1, 0.15) is 27.9 Å². The lowest BCUT2D eigenvalue weighted by Gasteiger charge is -2.09. The highest BCUT2D eigenvalue weighted by atomic mass is 32.2. The summed E-state index contributed by atoms with van der Waals surface area (Å²) in [5.41, 5.74) is 4.60. The van der Waals surface area contributed by atoms with Gasteiger partial charge < -0.3 is 14.8 Å². The van der Waals surface area contributed by atoms with Crippen LogP contribution in [0.5, 0.6) is 11.5 Å². The summed E-state index contributed by atoms with van der Waals surface area (Å²) in [4.78, 5) is 12.8. The van der Waals surface area contributed by atoms with Crippen molar-refractivity contribution in [3.8, 4) is 22.8 Å². The van der Waals surface area contributed by atoms with Crippen molar-refractivity contribution in [2.75, 3.05) is 25.5 Å². The Hall–Kier alpha value is -2.93. The molecular weight excluding hydrogens is 410 g/mol. The summed E-state index contributed by atoms with van der Waals surface area (Å²) in [6, 6.07) is 14.3. The van der Waals surface area contributed by atoms with Crippen LogP contribution in [0.4, 0.5) is 0 Å². The molecular formula is C24H27N3O3S. The maximum absolute atomic E-state index is 12.8. The summed E-state index contributed by atoms with van der Waals surface area (Å²) in [7, 11) is 1.82. The molecule has 1 amide bonds. The Bertz CT molecular complexity index is 1050. The predicted octanol–water partition coefficient (Wildman–Crippen LogP) is 4.22. The Labute approximate surface area is 186 Å². The van der Waals surface area contributed by atoms with E-state index < -0.39 is 0 Å². The molecule has 31 heavy (non-hydrogen) atoms. The van der Waals surface area contributed by atoms with Crippen LogP contribution in [0.25, 0.3) is 11.3 Å². The molecule has 1 aliphatic rings. The van der Waals surface area contributed by atoms with Crippen molar-refractivity contribution in [2.24, 2.45) is 7.05 Å². The number of aromatic nitrogens is 2. The van der Waals surface area contributed by atoms with Gasteiger partial charge in [0.15, 0.2) is 11.5 Å². The number of carbonyl (C=O) groups is 1. The number of thioether (sulfide) groups is 1. The highest BCUT2D eigenvalue weighted by Gasteiger charge is 2.19. The standard InChI is InChI=1S/C24H27N3O3S/c1-17-4-6-18(7-5-17)16-31-13-10-25-24(28)20-15-27(2)26-23(20)19-8-9-21-22(14-19)30-12-3-11-29-21/h4-9,14-15H,3,10-13,16H2,1-2H3,(H,25,28). The molecule has 0 unspecified atom stereocenters. The molecule has 0 fully saturated rings. The minimum absolute atomic E-state index is 0.119. The number of benzene rings is 2. The molecule has 0 bridgehead atoms. The summed E-state index contributed by atoms with van der Waals surface area (Å²) in [6.45, 7) is 3.95. The van der Waals surface area contributed by atoms with Crippen LogP contribution in [-0.2, 0) is 12.8 Å². The third kappa shape index (κ3) is 5.41. The summed E-state index contributed by atoms with van der Waals surface area (Å²) in [6.07, 6.45) is 2.61. The molecule has 0 radical (unpaired) electrons. The van der Waals surface area contributed by atoms with Crippen molar-refractivity contribution in [1.82, 2.24) is 15.1 Å². The van der Waals surface area contributed by atoms with E-state index in [1.807, 2.05) is 25.2 Å². The summed E-state index contributed by atoms with van der Waals surface area (Å²) in [5.74, 6) is 3.09. The third-order valence-electron chi connectivity index (χ3n) is 5.02. The third-order valence-corrected chi connectivity index (χ3v) is 6.05. The lowest BCUT2D eigenvalue weighted by atomic mass is 10.1. The van der Waals surface area contributed by atoms with Crippen LogP contribution >= 0.6 is 11.8 Å². The number of rotatable bonds is 7. The van der Waals surface area contributed by atoms with Gasteiger partial charge in [-0.1, -0.05) is 29.8 Å². The van der Waals surface area contributed by atoms with Gasteiger partial charge in [-0.3, -0.25) is 9.48 Å². The number of carbonyl (C=O) groups excluding carboxylic acids is 1. The number of fused-ring (bicyclic) bond motifs is 1. The summed E-state index contributed by atoms with van der Waals surface area (Å²) in [5, 5.41) is 7.54. The van der Waals surface area contributed by atoms with Gasteiger partial charge in [0, 0.05) is 43.3 Å². The zero-order valence-corrected chi connectivity index (χ0v) is 18.7. The van der Waals surface area contributed by atoms with Crippen LogP contribution in [0.3, 0.4) is 0 Å². The second-order valence-electron chi connectivity index (χ2n) is 7.57. The van der Waals surface area contributed by atoms with Gasteiger partial charge in [0.25, 0.3) is 5.91 Å². The Morgan fingerprint density at radius 2 is 1.90 bits per heavy atom. The van der Waals surface area contributed by atoms with E-state index in [1.165, 1.54) is 11.1 Å². The molecule has 6 nitrogen and oxygen atoms in total. The maximum Gasteiger partial charge on any atom is 0.255 e. The summed E-state index contributed by atoms with van der Waals surface area (Å²) >= 11 is 1.81. The van der Waals surface area contributed by atoms with E-state index in [4.69, 9.17) is 9.47 Å². The molecule has 0 atom stereocenters. The number of aryl methyl sites for hydroxylation is 2. The Balaban J connectivity index is 1.37. The van der Waals surface area contributed by atoms with Crippen LogP contribution in [-0.4, -0.2) is 41.2 Å². The molecule has 0 spiro atoms. The van der Waals surface area contributed by atoms with Crippen molar-refractivity contribution in [3.63, 3.8) is 0 Å². The van der Waals surface area contributed by atoms with E-state index in [2.05, 4.69) is 41.6 Å². The molecule has 4 rings (SSSR count). The topological polar surface area (TPSA) is 65.4 Å². The van der Waals surface area contributed by atoms with Crippen molar-refractivity contribution in [1.29, 1.82) is 0 Å². The molecule has 0 saturated carbocycles. The molecule has 0 saturated heterocycles. The molecule has 3 aromatic rings. The smallest absolute Gasteiger partial charge is 0.255 e. The van der Waals surface area contributed by atoms with Crippen molar-refractivity contribution < 1.29 is 14.3 Å². The van der Waals surface area contributed by atoms with Gasteiger partial charge in [-0.05, 0) is 30.7 Å². The zero-order valence-electron chi connectivity index (χ0n) is 17.9. The van der Waals surface area contributed by atoms with Gasteiger partial charge in [-0.25, -0.2) is 0 Å². The van der Waals surface area contributed by atoms with Gasteiger partial charge >= 0.3 is 0 Å². The SMILES string of the molecule is Cc1ccc(CSCCNC(=O)c2cn(C)nc2-c2ccc3c(c2)OCCCO3)cc1. The van der Waals surface area contributed by atoms with Gasteiger partial charge in [-0.15, -0.1) is 0 Å². The molecule has 1 N–H and O–H groups in total. The van der Waals surface area contributed by atoms with Gasteiger partial charge in [0.1, 0.15) is 5.69 Å². The molecule has 1 aromatic heterocycles. The van der Waals surface area contributed by atoms with Gasteiger partial charge in [-0.2, -0.15) is 16.9 Å². The molecule has 0 aliphatic carbocycles. The highest BCUT2D eigenvalue weighted by molar-refractivity contribution is 7.98. The normalized spacial score (nSPS) is 13.0. The number of nitrogens with zero attached hydrogens (tertiary/aromatic N) is 2. The quantitative estimate of drug-likeness (QED) is 0.561. The average Bonchev–Trinajstić information content (AvgIpc) is 3.01. The van der Waals surface area contributed by atoms with E-state index in [9.17, 15) is 4.79 Å². The van der Waals surface area contributed by atoms with Crippen LogP contribution < -0.4 is 14.8 Å². The van der Waals surface area contributed by atoms with Crippen molar-refractivity contribution in [3.05, 3.63) is 65.4 Å². The number of amides is 1. The first-order valence-corrected chi connectivity index (χ1v) is 11.6. The fourth-order valence-corrected chi connectivity index (χ4v) is 4.20. The van der Waals surface area contributed by atoms with Crippen LogP contribution in [0.15, 0.2) is 48.7 Å². The lowest BCUT2D eigenvalue weighted by Crippen LogP contribution is -2.26. The first-order chi connectivity index (χ1) is 15.1. The second-order valence-corrected chi connectivity index (χ2v) is 8.68. The van der Waals surface area contributed by atoms with Crippen molar-refractivity contribution >= 4 is 17.7 Å². The van der Waals surface area contributed by atoms with E-state index in [-0.39, 0.29) is 5.91 Å². The Kier molecular flexibility index (Phi) is 6.82. The number of hydrogen-bond acceptors (Lipinski definition) is 5. The number of hydrogen-bond donors (Lipinski definition) is 1. The largest absolute Gasteiger partial charge is 0.490 e. The van der Waals surface area contributed by atoms with Gasteiger partial charge in [0.2, 0.25) is 0 Å². The van der Waals surface area contributed by atoms with E-state index in [0.717, 1.165) is 29.2 Å². The molecule has 2 heterocycles. The first kappa shape index (κ1) is 21.3. The van der Waals surface area contributed by atoms with Gasteiger partial charge in [0.05, 0.1) is 18.8 Å². The molecule has 162 valence electrons. The predicted molar refractivity (Wildman–Crippen MR) is 124 cm³/mol. The highest BCUT2D eigenvalue weighted by Crippen LogP contribution is 2.34. The minimum Gasteiger partial charge on any atom is -0.490 e. The maximum atomic E-state index is 12.8. The van der Waals surface area contributed by atoms with Crippen LogP contribution in [0.2, 0.25) is 0 Å². The fourth-order valence-electron chi connectivity index (χ4n) is 3.38. The molecule has 7 heteroatoms. The van der Waals surface area contributed by atoms with Crippen LogP contribution in [0, 0.1) is 6.92 Å². The summed E-state index contributed by atoms with van der Waals surface area (Å²) < 4.78 is 13.2. The van der Waals surface area contributed by atoms with E-state index in [0.29, 0.717) is 36.8 Å². The number of ether oxygens (including phenoxy) is 2. The molecule has 1 aliphatic heterocycles. The zero-order chi connectivity index (χ0) is 21.6. The molecule has 2 aromatic carbocycles. The number of nitrogens with one attached hydrogen (secondary N) is 1. The monoisotopic (exact) mass is 437 g/mol. The lowest BCUT2D eigenvalue weighted by molar-refractivity contribution is 0.0956. The Morgan fingerprint density at radius 1 is 1.13 bits per heavy atom. The van der Waals surface area contributed by atoms with E-state index >= 15 is 0 Å². The van der Waals surface area contributed by atoms with Crippen molar-refractivity contribution in [2.45, 2.75) is 19.1 Å². The first-order valence-electron chi connectivity index (χ1n) is 10.5. The average molecular weight is 438 g/mol. The van der Waals surface area contributed by atoms with E-state index in [1.54, 1.807) is 22.6 Å². The second kappa shape index (κ2) is 9.92. The fraction of sp³-hybridized carbons (Fsp3) is 0.333.